The standard InChI is InChI=1S/C44H56O4S2.Zr/c1-43(2,3)35-23-33(41(45)37(25-35)47-27-31-17-11-9-12-18-31)29-49-39-21-15-7-8-16-22-40(39)50-30-34-24-36(44(4,5)6)26-38(42(34)46)48-28-32-19-13-10-14-20-32;/h9-14,17-20,23-26,39-40,45-46H,7-8,15-16,21-22,27-30H2,1-6H3;/t39-,40?;/m0./s1. The van der Waals surface area contributed by atoms with Gasteiger partial charge in [0.25, 0.3) is 0 Å². The Labute approximate surface area is 318 Å². The average molecular weight is 804 g/mol. The monoisotopic (exact) mass is 802 g/mol. The summed E-state index contributed by atoms with van der Waals surface area (Å²) < 4.78 is 12.7. The van der Waals surface area contributed by atoms with E-state index >= 15 is 0 Å². The van der Waals surface area contributed by atoms with Crippen LogP contribution < -0.4 is 9.47 Å². The molecule has 1 aliphatic heterocycles. The van der Waals surface area contributed by atoms with Crippen LogP contribution in [-0.4, -0.2) is 20.7 Å². The topological polar surface area (TPSA) is 58.9 Å². The molecule has 1 heterocycles. The van der Waals surface area contributed by atoms with Crippen molar-refractivity contribution in [1.82, 2.24) is 0 Å². The Morgan fingerprint density at radius 2 is 0.980 bits per heavy atom. The van der Waals surface area contributed by atoms with Gasteiger partial charge in [0.15, 0.2) is 0 Å². The quantitative estimate of drug-likeness (QED) is 0.168. The van der Waals surface area contributed by atoms with Gasteiger partial charge in [-0.3, -0.25) is 0 Å². The predicted molar refractivity (Wildman–Crippen MR) is 213 cm³/mol. The molecule has 4 nitrogen and oxygen atoms in total. The predicted octanol–water partition coefficient (Wildman–Crippen LogP) is 12.1. The van der Waals surface area contributed by atoms with Crippen molar-refractivity contribution >= 4 is 14.2 Å². The molecule has 4 aromatic rings. The van der Waals surface area contributed by atoms with Crippen molar-refractivity contribution in [3.63, 3.8) is 0 Å². The summed E-state index contributed by atoms with van der Waals surface area (Å²) >= 11 is -0.904. The van der Waals surface area contributed by atoms with Crippen molar-refractivity contribution in [1.29, 1.82) is 0 Å². The van der Waals surface area contributed by atoms with Gasteiger partial charge in [0.05, 0.1) is 0 Å². The molecular weight excluding hydrogens is 748 g/mol. The van der Waals surface area contributed by atoms with Gasteiger partial charge >= 0.3 is 321 Å². The fourth-order valence-electron chi connectivity index (χ4n) is 7.04. The van der Waals surface area contributed by atoms with Crippen molar-refractivity contribution in [2.45, 2.75) is 126 Å². The second-order valence-corrected chi connectivity index (χ2v) is 31.9. The van der Waals surface area contributed by atoms with E-state index in [0.717, 1.165) is 33.8 Å². The molecule has 3 unspecified atom stereocenters. The van der Waals surface area contributed by atoms with Crippen LogP contribution in [0.25, 0.3) is 0 Å². The van der Waals surface area contributed by atoms with Gasteiger partial charge in [-0.15, -0.1) is 0 Å². The molecule has 0 spiro atoms. The second kappa shape index (κ2) is 16.8. The van der Waals surface area contributed by atoms with E-state index in [2.05, 4.69) is 90.1 Å². The number of hydrogen-bond acceptors (Lipinski definition) is 4. The average Bonchev–Trinajstić information content (AvgIpc) is 3.38. The van der Waals surface area contributed by atoms with E-state index in [-0.39, 0.29) is 25.1 Å². The first kappa shape index (κ1) is 38.4. The van der Waals surface area contributed by atoms with Crippen LogP contribution >= 0.6 is 14.2 Å². The second-order valence-electron chi connectivity index (χ2n) is 16.3. The van der Waals surface area contributed by atoms with E-state index in [1.807, 2.05) is 36.4 Å². The van der Waals surface area contributed by atoms with Crippen LogP contribution in [0.5, 0.6) is 23.0 Å². The van der Waals surface area contributed by atoms with Gasteiger partial charge in [-0.25, -0.2) is 0 Å². The van der Waals surface area contributed by atoms with Crippen LogP contribution in [-0.2, 0) is 54.7 Å². The first-order chi connectivity index (χ1) is 24.4. The van der Waals surface area contributed by atoms with Crippen LogP contribution in [0.1, 0.15) is 113 Å². The molecule has 51 heavy (non-hydrogen) atoms. The van der Waals surface area contributed by atoms with E-state index in [0.29, 0.717) is 46.7 Å². The minimum absolute atomic E-state index is 0.0605. The molecule has 7 heteroatoms. The Hall–Kier alpha value is -2.34. The zero-order valence-corrected chi connectivity index (χ0v) is 35.4. The molecule has 4 atom stereocenters. The summed E-state index contributed by atoms with van der Waals surface area (Å²) in [6, 6.07) is 29.1. The molecule has 0 aromatic heterocycles. The first-order valence-electron chi connectivity index (χ1n) is 18.6. The third-order valence-electron chi connectivity index (χ3n) is 10.2. The van der Waals surface area contributed by atoms with Crippen LogP contribution in [0.2, 0.25) is 0 Å². The summed E-state index contributed by atoms with van der Waals surface area (Å²) in [6.07, 6.45) is 7.88. The summed E-state index contributed by atoms with van der Waals surface area (Å²) in [5.74, 6) is 3.78. The van der Waals surface area contributed by atoms with Gasteiger partial charge in [0.1, 0.15) is 0 Å². The van der Waals surface area contributed by atoms with Crippen molar-refractivity contribution in [3.05, 3.63) is 118 Å². The molecule has 0 bridgehead atoms. The Kier molecular flexibility index (Phi) is 12.6. The van der Waals surface area contributed by atoms with Crippen LogP contribution in [0.4, 0.5) is 0 Å². The number of phenolic OH excluding ortho intramolecular Hbond substituents is 2. The van der Waals surface area contributed by atoms with Crippen molar-refractivity contribution < 1.29 is 38.8 Å². The summed E-state index contributed by atoms with van der Waals surface area (Å²) in [5.41, 5.74) is 6.63. The molecule has 4 aromatic carbocycles. The van der Waals surface area contributed by atoms with Crippen molar-refractivity contribution in [2.24, 2.45) is 0 Å². The Morgan fingerprint density at radius 3 is 1.35 bits per heavy atom. The first-order valence-corrected chi connectivity index (χ1v) is 27.5. The van der Waals surface area contributed by atoms with E-state index in [4.69, 9.17) is 9.47 Å². The van der Waals surface area contributed by atoms with E-state index in [1.54, 1.807) is 0 Å². The van der Waals surface area contributed by atoms with E-state index in [9.17, 15) is 10.2 Å². The number of ether oxygens (including phenoxy) is 2. The zero-order valence-electron chi connectivity index (χ0n) is 31.3. The molecule has 6 rings (SSSR count). The molecule has 1 saturated carbocycles. The van der Waals surface area contributed by atoms with E-state index in [1.165, 1.54) is 49.7 Å². The third-order valence-corrected chi connectivity index (χ3v) is 32.0. The van der Waals surface area contributed by atoms with Gasteiger partial charge in [-0.1, -0.05) is 0 Å². The molecule has 0 radical (unpaired) electrons. The molecule has 1 fully saturated rings. The van der Waals surface area contributed by atoms with Crippen molar-refractivity contribution in [3.8, 4) is 23.0 Å². The molecule has 2 aliphatic rings. The SMILES string of the molecule is CC(C)(C)c1cc(C[S]2=[Zr]=[S](Cc3cc(C(C)(C)C)cc(OCc4ccccc4)c3O)[C@H]3CCCCCCC32)c(O)c(OCc2ccccc2)c1. The van der Waals surface area contributed by atoms with Gasteiger partial charge in [0, 0.05) is 0 Å². The molecule has 1 aliphatic carbocycles. The molecule has 272 valence electrons. The summed E-state index contributed by atoms with van der Waals surface area (Å²) in [4.78, 5) is 0. The summed E-state index contributed by atoms with van der Waals surface area (Å²) in [6.45, 7) is 14.4. The van der Waals surface area contributed by atoms with Crippen LogP contribution in [0.15, 0.2) is 84.9 Å². The van der Waals surface area contributed by atoms with E-state index < -0.39 is 19.2 Å². The fourth-order valence-corrected chi connectivity index (χ4v) is 35.9. The minimum atomic E-state index is -0.904. The van der Waals surface area contributed by atoms with Crippen molar-refractivity contribution in [2.75, 3.05) is 0 Å². The number of aromatic hydroxyl groups is 2. The summed E-state index contributed by atoms with van der Waals surface area (Å²) in [5, 5.41) is 25.0. The van der Waals surface area contributed by atoms with Gasteiger partial charge < -0.3 is 0 Å². The molecule has 0 saturated heterocycles. The summed E-state index contributed by atoms with van der Waals surface area (Å²) in [7, 11) is 0.561. The number of rotatable bonds is 10. The van der Waals surface area contributed by atoms with Gasteiger partial charge in [-0.2, -0.15) is 0 Å². The maximum absolute atomic E-state index is 11.8. The Morgan fingerprint density at radius 1 is 0.588 bits per heavy atom. The molecule has 2 N–H and O–H groups in total. The molecular formula is C44H56O4S2Zr. The number of hydrogen-bond donors (Lipinski definition) is 2. The zero-order chi connectivity index (χ0) is 36.2. The van der Waals surface area contributed by atoms with Gasteiger partial charge in [0.2, 0.25) is 0 Å². The number of benzene rings is 4. The van der Waals surface area contributed by atoms with Crippen LogP contribution in [0.3, 0.4) is 0 Å². The van der Waals surface area contributed by atoms with Gasteiger partial charge in [-0.05, 0) is 0 Å². The number of fused-ring (bicyclic) bond motifs is 1. The number of phenols is 2. The third kappa shape index (κ3) is 9.81. The maximum atomic E-state index is 11.8. The Balaban J connectivity index is 1.37. The fraction of sp³-hybridized carbons (Fsp3) is 0.455. The normalized spacial score (nSPS) is 20.7. The molecule has 0 amide bonds. The van der Waals surface area contributed by atoms with Crippen LogP contribution in [0, 0.1) is 0 Å². The Bertz CT molecular complexity index is 1750.